The quantitative estimate of drug-likeness (QED) is 0.414. The Kier molecular flexibility index (Phi) is 9.13. The van der Waals surface area contributed by atoms with Crippen LogP contribution in [0, 0.1) is 0 Å². The van der Waals surface area contributed by atoms with Gasteiger partial charge in [-0.25, -0.2) is 4.31 Å². The molecule has 0 aromatic carbocycles. The number of rotatable bonds is 10. The van der Waals surface area contributed by atoms with Crippen molar-refractivity contribution in [1.82, 2.24) is 19.8 Å². The molecule has 2 aliphatic heterocycles. The zero-order valence-corrected chi connectivity index (χ0v) is 18.0. The summed E-state index contributed by atoms with van der Waals surface area (Å²) in [5, 5.41) is 27.5. The van der Waals surface area contributed by atoms with E-state index in [0.29, 0.717) is 18.1 Å². The molecule has 0 amide bonds. The second-order valence-electron chi connectivity index (χ2n) is 8.42. The van der Waals surface area contributed by atoms with Crippen LogP contribution in [0.1, 0.15) is 47.5 Å². The summed E-state index contributed by atoms with van der Waals surface area (Å²) in [6.45, 7) is 14.2. The van der Waals surface area contributed by atoms with E-state index in [1.165, 1.54) is 0 Å². The Morgan fingerprint density at radius 2 is 1.62 bits per heavy atom. The highest BCUT2D eigenvalue weighted by atomic mass is 32.2. The zero-order chi connectivity index (χ0) is 19.3. The van der Waals surface area contributed by atoms with Gasteiger partial charge in [-0.2, -0.15) is 0 Å². The molecule has 0 spiro atoms. The standard InChI is InChI=1S/C19H40N4O2S/c1-6-14(4)21-16-9-22(11-18(16)24)15(5)7-8-26-23-10-17(19(25)12-23)20-13(2)3/h13-21,24-25H,6-12H2,1-5H3/t14?,15?,16-,17-,18+,19+/m0/s1. The summed E-state index contributed by atoms with van der Waals surface area (Å²) in [4.78, 5) is 2.41. The fourth-order valence-corrected chi connectivity index (χ4v) is 5.04. The number of β-amino-alcohol motifs (C(OH)–C–C–N with tert-alkyl or cyclic N) is 2. The summed E-state index contributed by atoms with van der Waals surface area (Å²) in [7, 11) is 0. The topological polar surface area (TPSA) is 71.0 Å². The maximum Gasteiger partial charge on any atom is 0.0842 e. The summed E-state index contributed by atoms with van der Waals surface area (Å²) < 4.78 is 2.30. The van der Waals surface area contributed by atoms with E-state index < -0.39 is 0 Å². The van der Waals surface area contributed by atoms with Gasteiger partial charge in [-0.15, -0.1) is 0 Å². The summed E-state index contributed by atoms with van der Waals surface area (Å²) in [5.41, 5.74) is 0. The first-order chi connectivity index (χ1) is 12.3. The van der Waals surface area contributed by atoms with E-state index in [2.05, 4.69) is 54.5 Å². The number of hydrogen-bond donors (Lipinski definition) is 4. The van der Waals surface area contributed by atoms with Gasteiger partial charge in [-0.1, -0.05) is 32.7 Å². The molecule has 154 valence electrons. The Morgan fingerprint density at radius 1 is 0.962 bits per heavy atom. The predicted molar refractivity (Wildman–Crippen MR) is 110 cm³/mol. The van der Waals surface area contributed by atoms with Crippen molar-refractivity contribution in [3.63, 3.8) is 0 Å². The van der Waals surface area contributed by atoms with Gasteiger partial charge in [0.05, 0.1) is 12.2 Å². The van der Waals surface area contributed by atoms with Crippen LogP contribution in [0.2, 0.25) is 0 Å². The van der Waals surface area contributed by atoms with Gasteiger partial charge in [0.15, 0.2) is 0 Å². The van der Waals surface area contributed by atoms with E-state index in [0.717, 1.165) is 44.8 Å². The third kappa shape index (κ3) is 6.62. The van der Waals surface area contributed by atoms with E-state index in [-0.39, 0.29) is 24.3 Å². The Labute approximate surface area is 164 Å². The van der Waals surface area contributed by atoms with Gasteiger partial charge in [-0.3, -0.25) is 4.90 Å². The van der Waals surface area contributed by atoms with Crippen LogP contribution in [0.5, 0.6) is 0 Å². The monoisotopic (exact) mass is 388 g/mol. The first kappa shape index (κ1) is 22.4. The first-order valence-corrected chi connectivity index (χ1v) is 11.2. The van der Waals surface area contributed by atoms with Crippen molar-refractivity contribution in [2.24, 2.45) is 0 Å². The van der Waals surface area contributed by atoms with E-state index >= 15 is 0 Å². The lowest BCUT2D eigenvalue weighted by Gasteiger charge is -2.25. The normalized spacial score (nSPS) is 33.2. The molecular formula is C19H40N4O2S. The molecule has 2 rings (SSSR count). The molecule has 7 heteroatoms. The number of nitrogens with zero attached hydrogens (tertiary/aromatic N) is 2. The Bertz CT molecular complexity index is 415. The van der Waals surface area contributed by atoms with E-state index in [4.69, 9.17) is 0 Å². The number of nitrogens with one attached hydrogen (secondary N) is 2. The molecular weight excluding hydrogens is 348 g/mol. The van der Waals surface area contributed by atoms with Crippen molar-refractivity contribution in [2.75, 3.05) is 31.9 Å². The van der Waals surface area contributed by atoms with Gasteiger partial charge in [0.25, 0.3) is 0 Å². The average molecular weight is 389 g/mol. The summed E-state index contributed by atoms with van der Waals surface area (Å²) in [6, 6.07) is 1.70. The van der Waals surface area contributed by atoms with Crippen molar-refractivity contribution >= 4 is 11.9 Å². The Hall–Kier alpha value is 0.110. The lowest BCUT2D eigenvalue weighted by atomic mass is 10.1. The van der Waals surface area contributed by atoms with Crippen LogP contribution in [-0.2, 0) is 0 Å². The SMILES string of the molecule is CCC(C)N[C@H]1CN(C(C)CCSN2C[C@@H](O)[C@@H](NC(C)C)C2)C[C@H]1O. The van der Waals surface area contributed by atoms with Crippen LogP contribution in [0.15, 0.2) is 0 Å². The summed E-state index contributed by atoms with van der Waals surface area (Å²) >= 11 is 1.85. The maximum absolute atomic E-state index is 10.3. The van der Waals surface area contributed by atoms with Crippen molar-refractivity contribution in [2.45, 2.75) is 89.9 Å². The summed E-state index contributed by atoms with van der Waals surface area (Å²) in [6.07, 6.45) is 1.64. The van der Waals surface area contributed by atoms with Crippen LogP contribution in [0.3, 0.4) is 0 Å². The molecule has 2 saturated heterocycles. The van der Waals surface area contributed by atoms with Gasteiger partial charge >= 0.3 is 0 Å². The van der Waals surface area contributed by atoms with Gasteiger partial charge in [-0.05, 0) is 26.7 Å². The minimum Gasteiger partial charge on any atom is -0.390 e. The van der Waals surface area contributed by atoms with Crippen LogP contribution < -0.4 is 10.6 Å². The van der Waals surface area contributed by atoms with Crippen molar-refractivity contribution < 1.29 is 10.2 Å². The first-order valence-electron chi connectivity index (χ1n) is 10.3. The minimum atomic E-state index is -0.275. The molecule has 4 N–H and O–H groups in total. The molecule has 6 nitrogen and oxygen atoms in total. The molecule has 0 saturated carbocycles. The number of aliphatic hydroxyl groups is 2. The third-order valence-corrected chi connectivity index (χ3v) is 6.75. The average Bonchev–Trinajstić information content (AvgIpc) is 3.10. The van der Waals surface area contributed by atoms with E-state index in [1.54, 1.807) is 0 Å². The fourth-order valence-electron chi connectivity index (χ4n) is 3.81. The number of hydrogen-bond acceptors (Lipinski definition) is 7. The number of likely N-dealkylation sites (tertiary alicyclic amines) is 1. The highest BCUT2D eigenvalue weighted by molar-refractivity contribution is 7.97. The molecule has 0 radical (unpaired) electrons. The molecule has 0 aliphatic carbocycles. The minimum absolute atomic E-state index is 0.182. The fraction of sp³-hybridized carbons (Fsp3) is 1.00. The molecule has 6 atom stereocenters. The van der Waals surface area contributed by atoms with Crippen molar-refractivity contribution in [1.29, 1.82) is 0 Å². The molecule has 0 aromatic heterocycles. The molecule has 2 unspecified atom stereocenters. The largest absolute Gasteiger partial charge is 0.390 e. The van der Waals surface area contributed by atoms with Crippen LogP contribution in [-0.4, -0.2) is 93.8 Å². The van der Waals surface area contributed by atoms with E-state index in [1.807, 2.05) is 11.9 Å². The zero-order valence-electron chi connectivity index (χ0n) is 17.2. The smallest absolute Gasteiger partial charge is 0.0842 e. The Balaban J connectivity index is 1.67. The molecule has 2 fully saturated rings. The highest BCUT2D eigenvalue weighted by Gasteiger charge is 2.34. The lowest BCUT2D eigenvalue weighted by molar-refractivity contribution is 0.143. The van der Waals surface area contributed by atoms with Crippen molar-refractivity contribution in [3.05, 3.63) is 0 Å². The van der Waals surface area contributed by atoms with Gasteiger partial charge in [0.1, 0.15) is 0 Å². The second-order valence-corrected chi connectivity index (χ2v) is 9.60. The van der Waals surface area contributed by atoms with Crippen LogP contribution in [0.25, 0.3) is 0 Å². The Morgan fingerprint density at radius 3 is 2.27 bits per heavy atom. The second kappa shape index (κ2) is 10.6. The molecule has 2 heterocycles. The highest BCUT2D eigenvalue weighted by Crippen LogP contribution is 2.23. The molecule has 2 aliphatic rings. The maximum atomic E-state index is 10.3. The predicted octanol–water partition coefficient (Wildman–Crippen LogP) is 0.890. The number of aliphatic hydroxyl groups excluding tert-OH is 2. The lowest BCUT2D eigenvalue weighted by Crippen LogP contribution is -2.44. The molecule has 26 heavy (non-hydrogen) atoms. The van der Waals surface area contributed by atoms with Gasteiger partial charge in [0, 0.05) is 62.1 Å². The third-order valence-electron chi connectivity index (χ3n) is 5.66. The van der Waals surface area contributed by atoms with Crippen LogP contribution >= 0.6 is 11.9 Å². The van der Waals surface area contributed by atoms with Gasteiger partial charge < -0.3 is 20.8 Å². The van der Waals surface area contributed by atoms with Crippen LogP contribution in [0.4, 0.5) is 0 Å². The summed E-state index contributed by atoms with van der Waals surface area (Å²) in [5.74, 6) is 1.05. The van der Waals surface area contributed by atoms with E-state index in [9.17, 15) is 10.2 Å². The van der Waals surface area contributed by atoms with Gasteiger partial charge in [0.2, 0.25) is 0 Å². The molecule has 0 aromatic rings. The molecule has 0 bridgehead atoms. The van der Waals surface area contributed by atoms with Crippen molar-refractivity contribution in [3.8, 4) is 0 Å².